The van der Waals surface area contributed by atoms with Gasteiger partial charge in [0.2, 0.25) is 0 Å². The Kier molecular flexibility index (Phi) is 4.45. The van der Waals surface area contributed by atoms with Gasteiger partial charge in [-0.3, -0.25) is 4.79 Å². The van der Waals surface area contributed by atoms with Crippen LogP contribution in [0.2, 0.25) is 0 Å². The van der Waals surface area contributed by atoms with Gasteiger partial charge in [0.25, 0.3) is 0 Å². The molecule has 3 N–H and O–H groups in total. The van der Waals surface area contributed by atoms with Gasteiger partial charge in [-0.15, -0.1) is 12.4 Å². The molecule has 0 saturated heterocycles. The molecule has 0 bridgehead atoms. The van der Waals surface area contributed by atoms with Crippen molar-refractivity contribution in [3.63, 3.8) is 0 Å². The summed E-state index contributed by atoms with van der Waals surface area (Å²) in [6, 6.07) is -0.623. The van der Waals surface area contributed by atoms with Crippen LogP contribution in [0.5, 0.6) is 0 Å². The van der Waals surface area contributed by atoms with Crippen LogP contribution in [0, 0.1) is 5.92 Å². The third-order valence-corrected chi connectivity index (χ3v) is 2.19. The number of hydrogen-bond donors (Lipinski definition) is 2. The second-order valence-corrected chi connectivity index (χ2v) is 2.91. The fraction of sp³-hybridized carbons (Fsp3) is 0.857. The number of carboxylic acid groups (broad SMARTS) is 1. The number of carbonyl (C=O) groups is 1. The molecule has 0 heterocycles. The summed E-state index contributed by atoms with van der Waals surface area (Å²) in [6.07, 6.45) is 4.28. The minimum Gasteiger partial charge on any atom is -0.480 e. The predicted molar refractivity (Wildman–Crippen MR) is 44.8 cm³/mol. The van der Waals surface area contributed by atoms with Gasteiger partial charge in [0.05, 0.1) is 0 Å². The second-order valence-electron chi connectivity index (χ2n) is 2.91. The Bertz CT molecular complexity index is 134. The largest absolute Gasteiger partial charge is 0.480 e. The molecule has 1 saturated carbocycles. The maximum Gasteiger partial charge on any atom is 0.320 e. The van der Waals surface area contributed by atoms with E-state index >= 15 is 0 Å². The summed E-state index contributed by atoms with van der Waals surface area (Å²) in [7, 11) is 0. The molecule has 1 rings (SSSR count). The molecule has 0 aromatic heterocycles. The number of hydrogen-bond acceptors (Lipinski definition) is 2. The van der Waals surface area contributed by atoms with Crippen LogP contribution in [0.3, 0.4) is 0 Å². The Morgan fingerprint density at radius 3 is 2.27 bits per heavy atom. The molecule has 4 heteroatoms. The smallest absolute Gasteiger partial charge is 0.320 e. The number of nitrogens with two attached hydrogens (primary N) is 1. The minimum atomic E-state index is -0.855. The van der Waals surface area contributed by atoms with E-state index in [2.05, 4.69) is 0 Å². The molecule has 3 nitrogen and oxygen atoms in total. The zero-order valence-corrected chi connectivity index (χ0v) is 7.14. The molecule has 0 aliphatic heterocycles. The van der Waals surface area contributed by atoms with Crippen LogP contribution in [-0.2, 0) is 4.79 Å². The lowest BCUT2D eigenvalue weighted by atomic mass is 9.99. The van der Waals surface area contributed by atoms with E-state index in [0.717, 1.165) is 25.7 Å². The van der Waals surface area contributed by atoms with E-state index in [1.165, 1.54) is 0 Å². The van der Waals surface area contributed by atoms with Crippen LogP contribution in [-0.4, -0.2) is 17.1 Å². The fourth-order valence-electron chi connectivity index (χ4n) is 1.52. The lowest BCUT2D eigenvalue weighted by Gasteiger charge is -2.12. The van der Waals surface area contributed by atoms with Crippen LogP contribution in [0.25, 0.3) is 0 Å². The van der Waals surface area contributed by atoms with Crippen molar-refractivity contribution in [3.8, 4) is 0 Å². The van der Waals surface area contributed by atoms with Gasteiger partial charge in [0.15, 0.2) is 0 Å². The molecule has 0 radical (unpaired) electrons. The lowest BCUT2D eigenvalue weighted by molar-refractivity contribution is -0.139. The Morgan fingerprint density at radius 2 is 1.91 bits per heavy atom. The Morgan fingerprint density at radius 1 is 1.45 bits per heavy atom. The molecule has 1 atom stereocenters. The zero-order valence-electron chi connectivity index (χ0n) is 6.32. The summed E-state index contributed by atoms with van der Waals surface area (Å²) < 4.78 is 0. The van der Waals surface area contributed by atoms with Crippen LogP contribution in [0.1, 0.15) is 25.7 Å². The van der Waals surface area contributed by atoms with Crippen LogP contribution in [0.15, 0.2) is 0 Å². The van der Waals surface area contributed by atoms with Crippen molar-refractivity contribution in [1.29, 1.82) is 0 Å². The van der Waals surface area contributed by atoms with Crippen molar-refractivity contribution in [2.45, 2.75) is 31.7 Å². The first kappa shape index (κ1) is 10.7. The van der Waals surface area contributed by atoms with E-state index in [9.17, 15) is 4.79 Å². The predicted octanol–water partition coefficient (Wildman–Crippen LogP) is 1.01. The summed E-state index contributed by atoms with van der Waals surface area (Å²) in [4.78, 5) is 10.4. The number of halogens is 1. The topological polar surface area (TPSA) is 63.3 Å². The normalized spacial score (nSPS) is 20.8. The van der Waals surface area contributed by atoms with Gasteiger partial charge in [-0.1, -0.05) is 12.8 Å². The Hall–Kier alpha value is -0.280. The molecule has 1 aliphatic rings. The fourth-order valence-corrected chi connectivity index (χ4v) is 1.52. The maximum absolute atomic E-state index is 10.4. The number of aliphatic carboxylic acids is 1. The number of carboxylic acids is 1. The SMILES string of the molecule is Cl.NC(C(=O)O)C1CCCC1. The highest BCUT2D eigenvalue weighted by atomic mass is 35.5. The van der Waals surface area contributed by atoms with E-state index in [-0.39, 0.29) is 18.3 Å². The summed E-state index contributed by atoms with van der Waals surface area (Å²) >= 11 is 0. The maximum atomic E-state index is 10.4. The lowest BCUT2D eigenvalue weighted by Crippen LogP contribution is -2.36. The quantitative estimate of drug-likeness (QED) is 0.665. The molecular weight excluding hydrogens is 166 g/mol. The number of rotatable bonds is 2. The molecule has 1 fully saturated rings. The summed E-state index contributed by atoms with van der Waals surface area (Å²) in [5.74, 6) is -0.621. The molecule has 0 amide bonds. The third-order valence-electron chi connectivity index (χ3n) is 2.19. The van der Waals surface area contributed by atoms with Gasteiger partial charge in [0, 0.05) is 0 Å². The van der Waals surface area contributed by atoms with Crippen molar-refractivity contribution in [2.75, 3.05) is 0 Å². The first-order valence-electron chi connectivity index (χ1n) is 3.70. The van der Waals surface area contributed by atoms with E-state index in [0.29, 0.717) is 0 Å². The molecular formula is C7H14ClNO2. The van der Waals surface area contributed by atoms with Gasteiger partial charge >= 0.3 is 5.97 Å². The van der Waals surface area contributed by atoms with Crippen molar-refractivity contribution >= 4 is 18.4 Å². The molecule has 0 aromatic carbocycles. The molecule has 66 valence electrons. The van der Waals surface area contributed by atoms with Gasteiger partial charge in [-0.25, -0.2) is 0 Å². The highest BCUT2D eigenvalue weighted by Gasteiger charge is 2.26. The Labute approximate surface area is 72.4 Å². The second kappa shape index (κ2) is 4.57. The van der Waals surface area contributed by atoms with Crippen molar-refractivity contribution in [3.05, 3.63) is 0 Å². The van der Waals surface area contributed by atoms with Crippen molar-refractivity contribution in [2.24, 2.45) is 11.7 Å². The monoisotopic (exact) mass is 179 g/mol. The Balaban J connectivity index is 0.000001000. The first-order chi connectivity index (χ1) is 4.72. The van der Waals surface area contributed by atoms with Crippen LogP contribution < -0.4 is 5.73 Å². The third kappa shape index (κ3) is 2.67. The van der Waals surface area contributed by atoms with Gasteiger partial charge < -0.3 is 10.8 Å². The minimum absolute atomic E-state index is 0. The first-order valence-corrected chi connectivity index (χ1v) is 3.70. The summed E-state index contributed by atoms with van der Waals surface area (Å²) in [5.41, 5.74) is 5.42. The van der Waals surface area contributed by atoms with E-state index in [4.69, 9.17) is 10.8 Å². The summed E-state index contributed by atoms with van der Waals surface area (Å²) in [5, 5.41) is 8.52. The molecule has 0 spiro atoms. The average Bonchev–Trinajstić information content (AvgIpc) is 2.36. The average molecular weight is 180 g/mol. The molecule has 1 unspecified atom stereocenters. The van der Waals surface area contributed by atoms with E-state index in [1.807, 2.05) is 0 Å². The van der Waals surface area contributed by atoms with E-state index in [1.54, 1.807) is 0 Å². The van der Waals surface area contributed by atoms with Gasteiger partial charge in [-0.2, -0.15) is 0 Å². The van der Waals surface area contributed by atoms with Gasteiger partial charge in [0.1, 0.15) is 6.04 Å². The van der Waals surface area contributed by atoms with Crippen LogP contribution >= 0.6 is 12.4 Å². The summed E-state index contributed by atoms with van der Waals surface area (Å²) in [6.45, 7) is 0. The van der Waals surface area contributed by atoms with Crippen molar-refractivity contribution < 1.29 is 9.90 Å². The highest BCUT2D eigenvalue weighted by Crippen LogP contribution is 2.26. The molecule has 11 heavy (non-hydrogen) atoms. The zero-order chi connectivity index (χ0) is 7.56. The highest BCUT2D eigenvalue weighted by molar-refractivity contribution is 5.85. The molecule has 1 aliphatic carbocycles. The van der Waals surface area contributed by atoms with Crippen molar-refractivity contribution in [1.82, 2.24) is 0 Å². The van der Waals surface area contributed by atoms with Gasteiger partial charge in [-0.05, 0) is 18.8 Å². The van der Waals surface area contributed by atoms with E-state index < -0.39 is 12.0 Å². The standard InChI is InChI=1S/C7H13NO2.ClH/c8-6(7(9)10)5-3-1-2-4-5;/h5-6H,1-4,8H2,(H,9,10);1H. The van der Waals surface area contributed by atoms with Crippen LogP contribution in [0.4, 0.5) is 0 Å². The molecule has 0 aromatic rings.